The number of carboxylic acid groups (broad SMARTS) is 1. The summed E-state index contributed by atoms with van der Waals surface area (Å²) in [6.07, 6.45) is 1.20. The first-order chi connectivity index (χ1) is 9.47. The van der Waals surface area contributed by atoms with Crippen molar-refractivity contribution in [3.8, 4) is 0 Å². The number of para-hydroxylation sites is 1. The zero-order valence-electron chi connectivity index (χ0n) is 12.0. The Labute approximate surface area is 118 Å². The fourth-order valence-corrected chi connectivity index (χ4v) is 2.45. The van der Waals surface area contributed by atoms with Gasteiger partial charge in [0.1, 0.15) is 6.04 Å². The maximum atomic E-state index is 12.6. The van der Waals surface area contributed by atoms with Gasteiger partial charge in [-0.25, -0.2) is 9.59 Å². The van der Waals surface area contributed by atoms with Gasteiger partial charge in [-0.15, -0.1) is 0 Å². The average Bonchev–Trinajstić information content (AvgIpc) is 2.84. The van der Waals surface area contributed by atoms with Crippen LogP contribution in [0.1, 0.15) is 25.8 Å². The Kier molecular flexibility index (Phi) is 3.97. The minimum absolute atomic E-state index is 0.0738. The molecule has 2 unspecified atom stereocenters. The molecule has 1 aliphatic rings. The number of hydrogen-bond donors (Lipinski definition) is 1. The van der Waals surface area contributed by atoms with E-state index in [-0.39, 0.29) is 12.1 Å². The Morgan fingerprint density at radius 3 is 2.70 bits per heavy atom. The Morgan fingerprint density at radius 2 is 2.10 bits per heavy atom. The number of carboxylic acids is 1. The molecule has 1 N–H and O–H groups in total. The van der Waals surface area contributed by atoms with Crippen molar-refractivity contribution in [3.05, 3.63) is 29.8 Å². The molecule has 1 aliphatic heterocycles. The van der Waals surface area contributed by atoms with Gasteiger partial charge in [-0.3, -0.25) is 4.90 Å². The topological polar surface area (TPSA) is 60.9 Å². The maximum Gasteiger partial charge on any atom is 0.327 e. The van der Waals surface area contributed by atoms with Gasteiger partial charge in [0.25, 0.3) is 0 Å². The molecule has 20 heavy (non-hydrogen) atoms. The van der Waals surface area contributed by atoms with Gasteiger partial charge in [0.05, 0.1) is 0 Å². The molecular formula is C15H20N2O3. The van der Waals surface area contributed by atoms with Crippen LogP contribution in [0.25, 0.3) is 0 Å². The molecule has 2 rings (SSSR count). The molecule has 0 saturated heterocycles. The number of anilines is 1. The molecule has 1 heterocycles. The summed E-state index contributed by atoms with van der Waals surface area (Å²) >= 11 is 0. The van der Waals surface area contributed by atoms with E-state index in [4.69, 9.17) is 0 Å². The van der Waals surface area contributed by atoms with Crippen LogP contribution >= 0.6 is 0 Å². The quantitative estimate of drug-likeness (QED) is 0.921. The lowest BCUT2D eigenvalue weighted by atomic mass is 10.1. The molecule has 0 aliphatic carbocycles. The number of rotatable bonds is 3. The second-order valence-electron chi connectivity index (χ2n) is 5.21. The molecule has 2 atom stereocenters. The number of fused-ring (bicyclic) bond motifs is 1. The van der Waals surface area contributed by atoms with Crippen LogP contribution in [0.4, 0.5) is 10.5 Å². The highest BCUT2D eigenvalue weighted by Crippen LogP contribution is 2.33. The predicted molar refractivity (Wildman–Crippen MR) is 77.0 cm³/mol. The summed E-state index contributed by atoms with van der Waals surface area (Å²) in [4.78, 5) is 27.1. The van der Waals surface area contributed by atoms with Crippen molar-refractivity contribution in [1.29, 1.82) is 0 Å². The molecule has 0 radical (unpaired) electrons. The first-order valence-electron chi connectivity index (χ1n) is 6.84. The van der Waals surface area contributed by atoms with Gasteiger partial charge in [-0.2, -0.15) is 0 Å². The van der Waals surface area contributed by atoms with Crippen molar-refractivity contribution in [1.82, 2.24) is 4.90 Å². The summed E-state index contributed by atoms with van der Waals surface area (Å²) in [6.45, 7) is 3.96. The molecule has 5 nitrogen and oxygen atoms in total. The lowest BCUT2D eigenvalue weighted by Crippen LogP contribution is -2.50. The van der Waals surface area contributed by atoms with E-state index < -0.39 is 12.0 Å². The summed E-state index contributed by atoms with van der Waals surface area (Å²) < 4.78 is 0. The lowest BCUT2D eigenvalue weighted by Gasteiger charge is -2.31. The van der Waals surface area contributed by atoms with Gasteiger partial charge in [0.15, 0.2) is 0 Å². The van der Waals surface area contributed by atoms with Crippen LogP contribution < -0.4 is 4.90 Å². The van der Waals surface area contributed by atoms with Crippen molar-refractivity contribution in [3.63, 3.8) is 0 Å². The van der Waals surface area contributed by atoms with Gasteiger partial charge >= 0.3 is 12.0 Å². The van der Waals surface area contributed by atoms with E-state index >= 15 is 0 Å². The van der Waals surface area contributed by atoms with E-state index in [0.29, 0.717) is 12.1 Å². The standard InChI is InChI=1S/C15H20N2O3/c1-4-10(2)16(3)15(20)17-12-8-6-5-7-11(12)9-13(17)14(18)19/h5-8,10,13H,4,9H2,1-3H3,(H,18,19). The zero-order chi connectivity index (χ0) is 14.9. The van der Waals surface area contributed by atoms with E-state index in [1.807, 2.05) is 32.0 Å². The fourth-order valence-electron chi connectivity index (χ4n) is 2.45. The van der Waals surface area contributed by atoms with Crippen LogP contribution in [-0.4, -0.2) is 41.1 Å². The third kappa shape index (κ3) is 2.35. The Balaban J connectivity index is 2.36. The summed E-state index contributed by atoms with van der Waals surface area (Å²) in [7, 11) is 1.72. The number of aliphatic carboxylic acids is 1. The van der Waals surface area contributed by atoms with Crippen molar-refractivity contribution < 1.29 is 14.7 Å². The van der Waals surface area contributed by atoms with E-state index in [1.54, 1.807) is 18.0 Å². The van der Waals surface area contributed by atoms with Crippen molar-refractivity contribution in [2.75, 3.05) is 11.9 Å². The first-order valence-corrected chi connectivity index (χ1v) is 6.84. The third-order valence-corrected chi connectivity index (χ3v) is 4.02. The van der Waals surface area contributed by atoms with Crippen molar-refractivity contribution in [2.24, 2.45) is 0 Å². The third-order valence-electron chi connectivity index (χ3n) is 4.02. The molecule has 0 saturated carbocycles. The SMILES string of the molecule is CCC(C)N(C)C(=O)N1c2ccccc2CC1C(=O)O. The highest BCUT2D eigenvalue weighted by Gasteiger charge is 2.39. The number of carbonyl (C=O) groups excluding carboxylic acids is 1. The van der Waals surface area contributed by atoms with Crippen LogP contribution in [0.2, 0.25) is 0 Å². The van der Waals surface area contributed by atoms with Crippen LogP contribution in [0.5, 0.6) is 0 Å². The van der Waals surface area contributed by atoms with Crippen LogP contribution in [0.3, 0.4) is 0 Å². The highest BCUT2D eigenvalue weighted by molar-refractivity contribution is 6.01. The van der Waals surface area contributed by atoms with E-state index in [2.05, 4.69) is 0 Å². The molecule has 0 bridgehead atoms. The van der Waals surface area contributed by atoms with Crippen molar-refractivity contribution >= 4 is 17.7 Å². The second kappa shape index (κ2) is 5.53. The van der Waals surface area contributed by atoms with E-state index in [1.165, 1.54) is 4.90 Å². The Bertz CT molecular complexity index is 530. The highest BCUT2D eigenvalue weighted by atomic mass is 16.4. The largest absolute Gasteiger partial charge is 0.480 e. The first kappa shape index (κ1) is 14.4. The number of urea groups is 1. The molecule has 1 aromatic carbocycles. The summed E-state index contributed by atoms with van der Waals surface area (Å²) in [6, 6.07) is 6.38. The predicted octanol–water partition coefficient (Wildman–Crippen LogP) is 2.35. The van der Waals surface area contributed by atoms with Gasteiger partial charge < -0.3 is 10.0 Å². The van der Waals surface area contributed by atoms with Crippen LogP contribution in [-0.2, 0) is 11.2 Å². The molecular weight excluding hydrogens is 256 g/mol. The van der Waals surface area contributed by atoms with E-state index in [0.717, 1.165) is 12.0 Å². The van der Waals surface area contributed by atoms with E-state index in [9.17, 15) is 14.7 Å². The maximum absolute atomic E-state index is 12.6. The minimum Gasteiger partial charge on any atom is -0.480 e. The molecule has 1 aromatic rings. The lowest BCUT2D eigenvalue weighted by molar-refractivity contribution is -0.138. The molecule has 5 heteroatoms. The molecule has 0 aromatic heterocycles. The number of benzene rings is 1. The number of carbonyl (C=O) groups is 2. The van der Waals surface area contributed by atoms with Crippen molar-refractivity contribution in [2.45, 2.75) is 38.8 Å². The molecule has 2 amide bonds. The zero-order valence-corrected chi connectivity index (χ0v) is 12.0. The smallest absolute Gasteiger partial charge is 0.327 e. The van der Waals surface area contributed by atoms with Gasteiger partial charge in [0, 0.05) is 25.2 Å². The minimum atomic E-state index is -0.966. The normalized spacial score (nSPS) is 18.6. The number of nitrogens with zero attached hydrogens (tertiary/aromatic N) is 2. The monoisotopic (exact) mass is 276 g/mol. The van der Waals surface area contributed by atoms with Crippen LogP contribution in [0, 0.1) is 0 Å². The second-order valence-corrected chi connectivity index (χ2v) is 5.21. The summed E-state index contributed by atoms with van der Waals surface area (Å²) in [5.41, 5.74) is 1.62. The number of amides is 2. The van der Waals surface area contributed by atoms with Crippen LogP contribution in [0.15, 0.2) is 24.3 Å². The molecule has 0 spiro atoms. The average molecular weight is 276 g/mol. The van der Waals surface area contributed by atoms with Gasteiger partial charge in [-0.1, -0.05) is 25.1 Å². The molecule has 108 valence electrons. The van der Waals surface area contributed by atoms with Gasteiger partial charge in [0.2, 0.25) is 0 Å². The molecule has 0 fully saturated rings. The fraction of sp³-hybridized carbons (Fsp3) is 0.467. The Hall–Kier alpha value is -2.04. The number of hydrogen-bond acceptors (Lipinski definition) is 2. The summed E-state index contributed by atoms with van der Waals surface area (Å²) in [5, 5.41) is 9.37. The Morgan fingerprint density at radius 1 is 1.45 bits per heavy atom. The summed E-state index contributed by atoms with van der Waals surface area (Å²) in [5.74, 6) is -0.966. The van der Waals surface area contributed by atoms with Gasteiger partial charge in [-0.05, 0) is 25.0 Å².